The van der Waals surface area contributed by atoms with E-state index in [9.17, 15) is 13.2 Å². The Morgan fingerprint density at radius 3 is 2.48 bits per heavy atom. The van der Waals surface area contributed by atoms with E-state index in [1.807, 2.05) is 50.6 Å². The van der Waals surface area contributed by atoms with Gasteiger partial charge in [-0.1, -0.05) is 45.9 Å². The first-order valence-electron chi connectivity index (χ1n) is 11.4. The van der Waals surface area contributed by atoms with Crippen LogP contribution in [0.3, 0.4) is 0 Å². The molecular formula is C25H34N4O3S. The van der Waals surface area contributed by atoms with E-state index in [0.29, 0.717) is 30.9 Å². The molecule has 33 heavy (non-hydrogen) atoms. The number of rotatable bonds is 9. The summed E-state index contributed by atoms with van der Waals surface area (Å²) < 4.78 is 29.1. The zero-order valence-electron chi connectivity index (χ0n) is 20.3. The normalized spacial score (nSPS) is 12.1. The van der Waals surface area contributed by atoms with Crippen LogP contribution >= 0.6 is 0 Å². The number of aryl methyl sites for hydroxylation is 3. The number of imidazole rings is 1. The van der Waals surface area contributed by atoms with Gasteiger partial charge in [-0.3, -0.25) is 4.79 Å². The lowest BCUT2D eigenvalue weighted by molar-refractivity contribution is -0.116. The van der Waals surface area contributed by atoms with Crippen molar-refractivity contribution in [3.63, 3.8) is 0 Å². The molecule has 0 fully saturated rings. The average Bonchev–Trinajstić information content (AvgIpc) is 3.09. The molecule has 1 aromatic heterocycles. The monoisotopic (exact) mass is 470 g/mol. The van der Waals surface area contributed by atoms with Crippen molar-refractivity contribution in [3.8, 4) is 0 Å². The first-order chi connectivity index (χ1) is 15.6. The van der Waals surface area contributed by atoms with Crippen LogP contribution in [0.5, 0.6) is 0 Å². The van der Waals surface area contributed by atoms with Crippen LogP contribution in [0.1, 0.15) is 57.0 Å². The van der Waals surface area contributed by atoms with E-state index >= 15 is 0 Å². The van der Waals surface area contributed by atoms with E-state index in [4.69, 9.17) is 0 Å². The Bertz CT molecular complexity index is 1260. The van der Waals surface area contributed by atoms with Crippen LogP contribution in [0.15, 0.2) is 41.3 Å². The minimum atomic E-state index is -3.55. The molecule has 3 rings (SSSR count). The first-order valence-corrected chi connectivity index (χ1v) is 12.9. The van der Waals surface area contributed by atoms with Gasteiger partial charge in [0.2, 0.25) is 15.9 Å². The van der Waals surface area contributed by atoms with Crippen molar-refractivity contribution in [2.45, 2.75) is 58.3 Å². The maximum absolute atomic E-state index is 12.9. The molecule has 1 heterocycles. The van der Waals surface area contributed by atoms with Gasteiger partial charge in [0.05, 0.1) is 15.9 Å². The number of fused-ring (bicyclic) bond motifs is 1. The summed E-state index contributed by atoms with van der Waals surface area (Å²) in [6.45, 7) is 10.7. The summed E-state index contributed by atoms with van der Waals surface area (Å²) in [5.74, 6) is 0.983. The lowest BCUT2D eigenvalue weighted by atomic mass is 9.98. The number of nitrogens with zero attached hydrogens (tertiary/aromatic N) is 3. The van der Waals surface area contributed by atoms with Crippen molar-refractivity contribution in [1.29, 1.82) is 0 Å². The molecule has 2 aromatic carbocycles. The Kier molecular flexibility index (Phi) is 7.59. The summed E-state index contributed by atoms with van der Waals surface area (Å²) in [6, 6.07) is 11.1. The Morgan fingerprint density at radius 1 is 1.15 bits per heavy atom. The summed E-state index contributed by atoms with van der Waals surface area (Å²) in [4.78, 5) is 17.6. The van der Waals surface area contributed by atoms with Gasteiger partial charge < -0.3 is 9.88 Å². The number of carbonyl (C=O) groups excluding carboxylic acids is 1. The Balaban J connectivity index is 1.79. The van der Waals surface area contributed by atoms with Crippen LogP contribution in [-0.2, 0) is 28.3 Å². The van der Waals surface area contributed by atoms with Crippen LogP contribution < -0.4 is 5.32 Å². The van der Waals surface area contributed by atoms with Gasteiger partial charge in [0.15, 0.2) is 0 Å². The Hall–Kier alpha value is -2.71. The Morgan fingerprint density at radius 2 is 1.85 bits per heavy atom. The average molecular weight is 471 g/mol. The van der Waals surface area contributed by atoms with Gasteiger partial charge in [-0.05, 0) is 42.2 Å². The molecular weight excluding hydrogens is 436 g/mol. The highest BCUT2D eigenvalue weighted by Crippen LogP contribution is 2.28. The van der Waals surface area contributed by atoms with Crippen LogP contribution in [0, 0.1) is 6.92 Å². The van der Waals surface area contributed by atoms with Crippen molar-refractivity contribution < 1.29 is 13.2 Å². The van der Waals surface area contributed by atoms with Gasteiger partial charge in [-0.15, -0.1) is 0 Å². The SMILES string of the molecule is CCN(CC)S(=O)(=O)c1ccc2c(c1)nc(CCC(=O)Nc1c(C)cccc1C(C)C)n2C. The number of nitrogens with one attached hydrogen (secondary N) is 1. The van der Waals surface area contributed by atoms with E-state index < -0.39 is 10.0 Å². The molecule has 8 heteroatoms. The first kappa shape index (κ1) is 24.9. The lowest BCUT2D eigenvalue weighted by Crippen LogP contribution is -2.30. The fourth-order valence-electron chi connectivity index (χ4n) is 4.10. The molecule has 178 valence electrons. The standard InChI is InChI=1S/C25H34N4O3S/c1-7-29(8-2)33(31,32)19-12-13-22-21(16-19)26-23(28(22)6)14-15-24(30)27-25-18(5)10-9-11-20(25)17(3)4/h9-13,16-17H,7-8,14-15H2,1-6H3,(H,27,30). The van der Waals surface area contributed by atoms with E-state index in [0.717, 1.165) is 28.2 Å². The number of sulfonamides is 1. The maximum atomic E-state index is 12.9. The van der Waals surface area contributed by atoms with E-state index in [1.165, 1.54) is 4.31 Å². The van der Waals surface area contributed by atoms with Gasteiger partial charge >= 0.3 is 0 Å². The van der Waals surface area contributed by atoms with Crippen molar-refractivity contribution in [2.24, 2.45) is 7.05 Å². The second-order valence-electron chi connectivity index (χ2n) is 8.57. The molecule has 0 radical (unpaired) electrons. The molecule has 0 saturated carbocycles. The number of aromatic nitrogens is 2. The summed E-state index contributed by atoms with van der Waals surface area (Å²) in [7, 11) is -1.66. The van der Waals surface area contributed by atoms with Crippen LogP contribution in [0.2, 0.25) is 0 Å². The summed E-state index contributed by atoms with van der Waals surface area (Å²) in [5.41, 5.74) is 4.49. The van der Waals surface area contributed by atoms with Gasteiger partial charge in [-0.2, -0.15) is 4.31 Å². The van der Waals surface area contributed by atoms with E-state index in [1.54, 1.807) is 18.2 Å². The maximum Gasteiger partial charge on any atom is 0.243 e. The number of para-hydroxylation sites is 1. The highest BCUT2D eigenvalue weighted by atomic mass is 32.2. The van der Waals surface area contributed by atoms with Crippen molar-refractivity contribution in [3.05, 3.63) is 53.3 Å². The Labute approximate surface area is 196 Å². The van der Waals surface area contributed by atoms with Gasteiger partial charge in [0.1, 0.15) is 5.82 Å². The molecule has 1 N–H and O–H groups in total. The van der Waals surface area contributed by atoms with E-state index in [-0.39, 0.29) is 17.2 Å². The molecule has 7 nitrogen and oxygen atoms in total. The molecule has 0 spiro atoms. The second-order valence-corrected chi connectivity index (χ2v) is 10.5. The quantitative estimate of drug-likeness (QED) is 0.495. The third-order valence-electron chi connectivity index (χ3n) is 6.06. The molecule has 0 aliphatic carbocycles. The summed E-state index contributed by atoms with van der Waals surface area (Å²) in [5, 5.41) is 3.08. The van der Waals surface area contributed by atoms with Gasteiger partial charge in [-0.25, -0.2) is 13.4 Å². The topological polar surface area (TPSA) is 84.3 Å². The number of benzene rings is 2. The predicted molar refractivity (Wildman–Crippen MR) is 133 cm³/mol. The third-order valence-corrected chi connectivity index (χ3v) is 8.10. The smallest absolute Gasteiger partial charge is 0.243 e. The number of hydrogen-bond acceptors (Lipinski definition) is 4. The van der Waals surface area contributed by atoms with Gasteiger partial charge in [0, 0.05) is 38.7 Å². The largest absolute Gasteiger partial charge is 0.331 e. The van der Waals surface area contributed by atoms with Crippen LogP contribution in [-0.4, -0.2) is 41.3 Å². The van der Waals surface area contributed by atoms with Crippen molar-refractivity contribution in [1.82, 2.24) is 13.9 Å². The van der Waals surface area contributed by atoms with Crippen LogP contribution in [0.25, 0.3) is 11.0 Å². The highest BCUT2D eigenvalue weighted by molar-refractivity contribution is 7.89. The number of amides is 1. The number of carbonyl (C=O) groups is 1. The highest BCUT2D eigenvalue weighted by Gasteiger charge is 2.23. The second kappa shape index (κ2) is 10.1. The molecule has 0 bridgehead atoms. The third kappa shape index (κ3) is 5.12. The van der Waals surface area contributed by atoms with Crippen molar-refractivity contribution in [2.75, 3.05) is 18.4 Å². The molecule has 0 aliphatic heterocycles. The predicted octanol–water partition coefficient (Wildman–Crippen LogP) is 4.61. The van der Waals surface area contributed by atoms with Crippen molar-refractivity contribution >= 4 is 32.7 Å². The molecule has 3 aromatic rings. The van der Waals surface area contributed by atoms with E-state index in [2.05, 4.69) is 24.1 Å². The zero-order valence-corrected chi connectivity index (χ0v) is 21.2. The summed E-state index contributed by atoms with van der Waals surface area (Å²) >= 11 is 0. The molecule has 1 amide bonds. The fourth-order valence-corrected chi connectivity index (χ4v) is 5.57. The molecule has 0 unspecified atom stereocenters. The lowest BCUT2D eigenvalue weighted by Gasteiger charge is -2.18. The fraction of sp³-hybridized carbons (Fsp3) is 0.440. The molecule has 0 atom stereocenters. The zero-order chi connectivity index (χ0) is 24.3. The van der Waals surface area contributed by atoms with Gasteiger partial charge in [0.25, 0.3) is 0 Å². The number of hydrogen-bond donors (Lipinski definition) is 1. The van der Waals surface area contributed by atoms with Crippen LogP contribution in [0.4, 0.5) is 5.69 Å². The molecule has 0 saturated heterocycles. The molecule has 0 aliphatic rings. The minimum Gasteiger partial charge on any atom is -0.331 e. The minimum absolute atomic E-state index is 0.0666. The number of anilines is 1. The summed E-state index contributed by atoms with van der Waals surface area (Å²) in [6.07, 6.45) is 0.742.